The van der Waals surface area contributed by atoms with Gasteiger partial charge in [-0.15, -0.1) is 0 Å². The lowest BCUT2D eigenvalue weighted by Crippen LogP contribution is -2.68. The van der Waals surface area contributed by atoms with E-state index in [0.29, 0.717) is 25.7 Å². The Balaban J connectivity index is 1.87. The zero-order valence-electron chi connectivity index (χ0n) is 20.0. The summed E-state index contributed by atoms with van der Waals surface area (Å²) in [5.41, 5.74) is -1.23. The van der Waals surface area contributed by atoms with Gasteiger partial charge in [-0.2, -0.15) is 0 Å². The molecule has 4 fully saturated rings. The second-order valence-electron chi connectivity index (χ2n) is 11.4. The third-order valence-electron chi connectivity index (χ3n) is 9.53. The van der Waals surface area contributed by atoms with Gasteiger partial charge in [0.05, 0.1) is 24.4 Å². The number of aliphatic hydroxyl groups excluding tert-OH is 1. The Morgan fingerprint density at radius 2 is 1.88 bits per heavy atom. The average molecular weight is 451 g/mol. The Morgan fingerprint density at radius 1 is 1.16 bits per heavy atom. The van der Waals surface area contributed by atoms with Crippen LogP contribution in [0.15, 0.2) is 0 Å². The number of fused-ring (bicyclic) bond motifs is 2. The summed E-state index contributed by atoms with van der Waals surface area (Å²) >= 11 is 0. The van der Waals surface area contributed by atoms with E-state index in [9.17, 15) is 19.5 Å². The van der Waals surface area contributed by atoms with E-state index in [0.717, 1.165) is 19.3 Å². The highest BCUT2D eigenvalue weighted by atomic mass is 16.6. The third-order valence-corrected chi connectivity index (χ3v) is 9.53. The molecule has 4 aliphatic rings. The van der Waals surface area contributed by atoms with Crippen LogP contribution in [0, 0.1) is 39.9 Å². The van der Waals surface area contributed by atoms with Crippen LogP contribution in [-0.2, 0) is 28.6 Å². The van der Waals surface area contributed by atoms with Crippen molar-refractivity contribution in [3.05, 3.63) is 0 Å². The van der Waals surface area contributed by atoms with E-state index in [1.165, 1.54) is 7.11 Å². The molecule has 8 atom stereocenters. The van der Waals surface area contributed by atoms with E-state index in [4.69, 9.17) is 14.2 Å². The van der Waals surface area contributed by atoms with E-state index >= 15 is 0 Å². The minimum absolute atomic E-state index is 0.0488. The van der Waals surface area contributed by atoms with Gasteiger partial charge in [0.15, 0.2) is 0 Å². The summed E-state index contributed by atoms with van der Waals surface area (Å²) in [7, 11) is 1.32. The first-order valence-corrected chi connectivity index (χ1v) is 12.2. The van der Waals surface area contributed by atoms with Crippen LogP contribution < -0.4 is 0 Å². The number of cyclic esters (lactones) is 1. The molecular weight excluding hydrogens is 412 g/mol. The largest absolute Gasteiger partial charge is 0.469 e. The molecule has 3 aliphatic carbocycles. The van der Waals surface area contributed by atoms with Gasteiger partial charge in [0.1, 0.15) is 6.10 Å². The molecule has 0 radical (unpaired) electrons. The lowest BCUT2D eigenvalue weighted by Gasteiger charge is -2.66. The topological polar surface area (TPSA) is 99.1 Å². The van der Waals surface area contributed by atoms with Crippen molar-refractivity contribution in [2.75, 3.05) is 7.11 Å². The highest BCUT2D eigenvalue weighted by molar-refractivity contribution is 5.85. The van der Waals surface area contributed by atoms with Crippen molar-refractivity contribution in [2.45, 2.75) is 91.5 Å². The first-order chi connectivity index (χ1) is 15.0. The number of hydrogen-bond acceptors (Lipinski definition) is 7. The fraction of sp³-hybridized carbons (Fsp3) is 0.880. The molecule has 180 valence electrons. The monoisotopic (exact) mass is 450 g/mol. The Kier molecular flexibility index (Phi) is 5.88. The number of carbonyl (C=O) groups excluding carboxylic acids is 3. The lowest BCUT2D eigenvalue weighted by molar-refractivity contribution is -0.275. The number of ether oxygens (including phenoxy) is 3. The summed E-state index contributed by atoms with van der Waals surface area (Å²) in [5.74, 6) is -2.76. The number of esters is 3. The maximum atomic E-state index is 13.1. The van der Waals surface area contributed by atoms with Crippen LogP contribution in [0.25, 0.3) is 0 Å². The van der Waals surface area contributed by atoms with Gasteiger partial charge >= 0.3 is 17.9 Å². The van der Waals surface area contributed by atoms with Gasteiger partial charge in [-0.05, 0) is 61.2 Å². The normalized spacial score (nSPS) is 44.5. The predicted octanol–water partition coefficient (Wildman–Crippen LogP) is 3.61. The molecule has 0 aromatic rings. The van der Waals surface area contributed by atoms with Crippen LogP contribution in [0.3, 0.4) is 0 Å². The molecule has 1 aliphatic heterocycles. The Morgan fingerprint density at radius 3 is 2.53 bits per heavy atom. The fourth-order valence-electron chi connectivity index (χ4n) is 8.36. The summed E-state index contributed by atoms with van der Waals surface area (Å²) in [4.78, 5) is 38.5. The highest BCUT2D eigenvalue weighted by Gasteiger charge is 2.76. The molecule has 0 bridgehead atoms. The van der Waals surface area contributed by atoms with Gasteiger partial charge in [0.2, 0.25) is 6.29 Å². The van der Waals surface area contributed by atoms with Crippen LogP contribution in [-0.4, -0.2) is 42.5 Å². The van der Waals surface area contributed by atoms with Crippen molar-refractivity contribution in [1.29, 1.82) is 0 Å². The molecule has 0 aromatic heterocycles. The van der Waals surface area contributed by atoms with Gasteiger partial charge in [0.25, 0.3) is 0 Å². The molecule has 1 spiro atoms. The SMILES string of the molecule is CCCC(=O)O[C@@H]1C[C@H]2C(C)(C)CCC[C@]2(C)C2CC[C@@H](C(=O)OC)[C@H]3C(=O)OC(O)[C@@]231. The third kappa shape index (κ3) is 3.13. The molecule has 4 rings (SSSR count). The second-order valence-corrected chi connectivity index (χ2v) is 11.4. The summed E-state index contributed by atoms with van der Waals surface area (Å²) in [6, 6.07) is 0. The van der Waals surface area contributed by atoms with Crippen molar-refractivity contribution in [2.24, 2.45) is 39.9 Å². The molecular formula is C25H38O7. The maximum Gasteiger partial charge on any atom is 0.313 e. The molecule has 2 unspecified atom stereocenters. The number of methoxy groups -OCH3 is 1. The molecule has 1 saturated heterocycles. The predicted molar refractivity (Wildman–Crippen MR) is 115 cm³/mol. The Labute approximate surface area is 190 Å². The van der Waals surface area contributed by atoms with Crippen molar-refractivity contribution in [3.8, 4) is 0 Å². The number of carbonyl (C=O) groups is 3. The van der Waals surface area contributed by atoms with Crippen LogP contribution in [0.1, 0.15) is 79.1 Å². The van der Waals surface area contributed by atoms with Crippen LogP contribution in [0.4, 0.5) is 0 Å². The first-order valence-electron chi connectivity index (χ1n) is 12.2. The molecule has 1 N–H and O–H groups in total. The zero-order valence-corrected chi connectivity index (χ0v) is 20.0. The van der Waals surface area contributed by atoms with Crippen LogP contribution in [0.5, 0.6) is 0 Å². The molecule has 1 heterocycles. The average Bonchev–Trinajstić information content (AvgIpc) is 2.99. The Bertz CT molecular complexity index is 791. The van der Waals surface area contributed by atoms with E-state index < -0.39 is 41.6 Å². The van der Waals surface area contributed by atoms with Gasteiger partial charge < -0.3 is 19.3 Å². The quantitative estimate of drug-likeness (QED) is 0.516. The summed E-state index contributed by atoms with van der Waals surface area (Å²) in [6.45, 7) is 8.75. The summed E-state index contributed by atoms with van der Waals surface area (Å²) < 4.78 is 16.6. The van der Waals surface area contributed by atoms with Gasteiger partial charge in [-0.3, -0.25) is 14.4 Å². The van der Waals surface area contributed by atoms with Crippen molar-refractivity contribution < 1.29 is 33.7 Å². The maximum absolute atomic E-state index is 13.1. The Hall–Kier alpha value is -1.63. The van der Waals surface area contributed by atoms with Crippen molar-refractivity contribution in [3.63, 3.8) is 0 Å². The van der Waals surface area contributed by atoms with E-state index in [2.05, 4.69) is 20.8 Å². The van der Waals surface area contributed by atoms with Crippen LogP contribution >= 0.6 is 0 Å². The van der Waals surface area contributed by atoms with Gasteiger partial charge in [0, 0.05) is 6.42 Å². The molecule has 0 amide bonds. The van der Waals surface area contributed by atoms with Gasteiger partial charge in [-0.25, -0.2) is 0 Å². The van der Waals surface area contributed by atoms with E-state index in [1.807, 2.05) is 6.92 Å². The summed E-state index contributed by atoms with van der Waals surface area (Å²) in [6.07, 6.45) is 3.73. The van der Waals surface area contributed by atoms with E-state index in [-0.39, 0.29) is 35.1 Å². The number of aliphatic hydroxyl groups is 1. The first kappa shape index (κ1) is 23.5. The lowest BCUT2D eigenvalue weighted by atomic mass is 9.37. The molecule has 3 saturated carbocycles. The summed E-state index contributed by atoms with van der Waals surface area (Å²) in [5, 5.41) is 11.3. The van der Waals surface area contributed by atoms with Gasteiger partial charge in [-0.1, -0.05) is 34.1 Å². The zero-order chi connectivity index (χ0) is 23.5. The molecule has 7 heteroatoms. The molecule has 7 nitrogen and oxygen atoms in total. The standard InChI is InChI=1S/C25H38O7/c1-6-8-18(26)31-17-13-16-23(2,3)11-7-12-24(16,4)15-10-9-14(20(27)30-5)19-21(28)32-22(29)25(15,17)19/h14-17,19,22,29H,6-13H2,1-5H3/t14-,15?,16+,17-,19+,22?,24-,25-/m1/s1. The number of rotatable bonds is 4. The van der Waals surface area contributed by atoms with Crippen molar-refractivity contribution in [1.82, 2.24) is 0 Å². The van der Waals surface area contributed by atoms with E-state index in [1.54, 1.807) is 0 Å². The fourth-order valence-corrected chi connectivity index (χ4v) is 8.36. The van der Waals surface area contributed by atoms with Crippen LogP contribution in [0.2, 0.25) is 0 Å². The highest BCUT2D eigenvalue weighted by Crippen LogP contribution is 2.72. The molecule has 0 aromatic carbocycles. The molecule has 32 heavy (non-hydrogen) atoms. The minimum Gasteiger partial charge on any atom is -0.469 e. The smallest absolute Gasteiger partial charge is 0.313 e. The van der Waals surface area contributed by atoms with Crippen molar-refractivity contribution >= 4 is 17.9 Å². The number of hydrogen-bond donors (Lipinski definition) is 1. The second kappa shape index (κ2) is 8.00. The minimum atomic E-state index is -1.40.